The minimum atomic E-state index is -0.441. The summed E-state index contributed by atoms with van der Waals surface area (Å²) in [5, 5.41) is 3.72. The Morgan fingerprint density at radius 2 is 1.64 bits per heavy atom. The van der Waals surface area contributed by atoms with Crippen molar-refractivity contribution in [2.24, 2.45) is 29.6 Å². The SMILES string of the molecule is Cc1ccc(NC(=O)COc2ccc([C@H]3c4sc(=O)[nH]c4SC4C5CC(C6C(=O)N(c7ccc(F)cc7)C(=O)C56)C43)cc2)cc1. The van der Waals surface area contributed by atoms with Crippen molar-refractivity contribution in [3.05, 3.63) is 104 Å². The third-order valence-electron chi connectivity index (χ3n) is 9.75. The second-order valence-corrected chi connectivity index (χ2v) is 14.4. The van der Waals surface area contributed by atoms with Gasteiger partial charge in [0, 0.05) is 21.7 Å². The lowest BCUT2D eigenvalue weighted by Gasteiger charge is -2.43. The Bertz CT molecular complexity index is 1890. The Labute approximate surface area is 266 Å². The first kappa shape index (κ1) is 28.3. The van der Waals surface area contributed by atoms with Gasteiger partial charge in [-0.3, -0.25) is 24.1 Å². The molecule has 3 amide bonds. The van der Waals surface area contributed by atoms with E-state index in [0.717, 1.165) is 27.5 Å². The largest absolute Gasteiger partial charge is 0.484 e. The number of carbonyl (C=O) groups is 3. The van der Waals surface area contributed by atoms with E-state index < -0.39 is 17.7 Å². The Morgan fingerprint density at radius 1 is 0.956 bits per heavy atom. The van der Waals surface area contributed by atoms with Gasteiger partial charge in [-0.1, -0.05) is 41.2 Å². The molecular formula is C34H28FN3O5S2. The molecule has 45 heavy (non-hydrogen) atoms. The van der Waals surface area contributed by atoms with Crippen LogP contribution in [0.15, 0.2) is 82.6 Å². The van der Waals surface area contributed by atoms with Crippen molar-refractivity contribution in [1.29, 1.82) is 0 Å². The summed E-state index contributed by atoms with van der Waals surface area (Å²) in [6.45, 7) is 1.84. The minimum Gasteiger partial charge on any atom is -0.484 e. The van der Waals surface area contributed by atoms with Gasteiger partial charge in [-0.15, -0.1) is 11.8 Å². The smallest absolute Gasteiger partial charge is 0.305 e. The monoisotopic (exact) mass is 641 g/mol. The van der Waals surface area contributed by atoms with E-state index in [1.54, 1.807) is 11.8 Å². The standard InChI is InChI=1S/C34H28FN3O5S2/c1-16-2-8-19(9-3-16)36-24(39)15-43-21-12-4-17(5-13-21)25-26-22-14-23(29(26)44-31-30(25)45-34(42)37-31)28-27(22)32(40)38(33(28)41)20-10-6-18(35)7-11-20/h2-13,22-23,25-29H,14-15H2,1H3,(H,36,39)(H,37,42)/t22?,23?,25-,26?,27?,28?,29?/m1/s1. The molecule has 4 aliphatic rings. The Kier molecular flexibility index (Phi) is 6.72. The zero-order valence-corrected chi connectivity index (χ0v) is 25.7. The average Bonchev–Trinajstić information content (AvgIpc) is 3.77. The molecule has 2 saturated carbocycles. The summed E-state index contributed by atoms with van der Waals surface area (Å²) in [6, 6.07) is 20.6. The zero-order chi connectivity index (χ0) is 31.0. The molecule has 8 nitrogen and oxygen atoms in total. The van der Waals surface area contributed by atoms with E-state index in [2.05, 4.69) is 10.3 Å². The lowest BCUT2D eigenvalue weighted by atomic mass is 9.68. The van der Waals surface area contributed by atoms with E-state index in [-0.39, 0.29) is 58.1 Å². The van der Waals surface area contributed by atoms with E-state index >= 15 is 0 Å². The molecule has 2 aliphatic heterocycles. The fraction of sp³-hybridized carbons (Fsp3) is 0.294. The van der Waals surface area contributed by atoms with Gasteiger partial charge in [-0.2, -0.15) is 0 Å². The number of amides is 3. The third-order valence-corrected chi connectivity index (χ3v) is 12.3. The highest BCUT2D eigenvalue weighted by atomic mass is 32.2. The molecule has 1 aromatic heterocycles. The predicted molar refractivity (Wildman–Crippen MR) is 169 cm³/mol. The number of fused-ring (bicyclic) bond motifs is 9. The van der Waals surface area contributed by atoms with Gasteiger partial charge in [0.15, 0.2) is 6.61 Å². The highest BCUT2D eigenvalue weighted by Crippen LogP contribution is 2.68. The number of hydrogen-bond donors (Lipinski definition) is 2. The van der Waals surface area contributed by atoms with Crippen LogP contribution in [0.3, 0.4) is 0 Å². The number of thiazole rings is 1. The van der Waals surface area contributed by atoms with Gasteiger partial charge in [0.25, 0.3) is 5.91 Å². The van der Waals surface area contributed by atoms with Crippen molar-refractivity contribution < 1.29 is 23.5 Å². The summed E-state index contributed by atoms with van der Waals surface area (Å²) < 4.78 is 19.4. The van der Waals surface area contributed by atoms with Gasteiger partial charge in [-0.05, 0) is 85.2 Å². The van der Waals surface area contributed by atoms with E-state index in [4.69, 9.17) is 4.74 Å². The number of anilines is 2. The van der Waals surface area contributed by atoms with Crippen LogP contribution in [0.1, 0.15) is 28.3 Å². The van der Waals surface area contributed by atoms with E-state index in [1.807, 2.05) is 55.5 Å². The van der Waals surface area contributed by atoms with E-state index in [9.17, 15) is 23.6 Å². The number of H-pyrrole nitrogens is 1. The number of thioether (sulfide) groups is 1. The van der Waals surface area contributed by atoms with Crippen LogP contribution in [0.5, 0.6) is 5.75 Å². The van der Waals surface area contributed by atoms with Crippen molar-refractivity contribution in [2.45, 2.75) is 29.5 Å². The minimum absolute atomic E-state index is 0.00870. The Morgan fingerprint density at radius 3 is 2.36 bits per heavy atom. The third kappa shape index (κ3) is 4.63. The first-order valence-electron chi connectivity index (χ1n) is 14.9. The molecule has 1 saturated heterocycles. The van der Waals surface area contributed by atoms with Crippen molar-refractivity contribution in [3.63, 3.8) is 0 Å². The molecule has 3 aromatic carbocycles. The molecule has 4 aromatic rings. The molecule has 11 heteroatoms. The van der Waals surface area contributed by atoms with Crippen LogP contribution in [0, 0.1) is 42.3 Å². The second kappa shape index (κ2) is 10.7. The van der Waals surface area contributed by atoms with Crippen molar-refractivity contribution in [3.8, 4) is 5.75 Å². The topological polar surface area (TPSA) is 109 Å². The van der Waals surface area contributed by atoms with Crippen molar-refractivity contribution in [2.75, 3.05) is 16.8 Å². The van der Waals surface area contributed by atoms with E-state index in [0.29, 0.717) is 17.1 Å². The van der Waals surface area contributed by atoms with Crippen LogP contribution in [0.25, 0.3) is 0 Å². The molecule has 8 rings (SSSR count). The number of nitrogens with zero attached hydrogens (tertiary/aromatic N) is 1. The highest BCUT2D eigenvalue weighted by Gasteiger charge is 2.69. The molecule has 0 spiro atoms. The quantitative estimate of drug-likeness (QED) is 0.266. The summed E-state index contributed by atoms with van der Waals surface area (Å²) in [5.41, 5.74) is 3.20. The molecule has 2 N–H and O–H groups in total. The van der Waals surface area contributed by atoms with Gasteiger partial charge in [0.1, 0.15) is 11.6 Å². The normalized spacial score (nSPS) is 27.7. The number of aryl methyl sites for hydroxylation is 1. The zero-order valence-electron chi connectivity index (χ0n) is 24.1. The number of hydrogen-bond acceptors (Lipinski definition) is 7. The van der Waals surface area contributed by atoms with Gasteiger partial charge in [0.2, 0.25) is 11.8 Å². The van der Waals surface area contributed by atoms with Gasteiger partial charge in [-0.25, -0.2) is 4.39 Å². The highest BCUT2D eigenvalue weighted by molar-refractivity contribution is 8.00. The van der Waals surface area contributed by atoms with Crippen LogP contribution < -0.4 is 19.8 Å². The van der Waals surface area contributed by atoms with Crippen LogP contribution in [-0.4, -0.2) is 34.6 Å². The summed E-state index contributed by atoms with van der Waals surface area (Å²) in [4.78, 5) is 57.7. The van der Waals surface area contributed by atoms with Crippen LogP contribution in [-0.2, 0) is 14.4 Å². The number of carbonyl (C=O) groups excluding carboxylic acids is 3. The number of aromatic amines is 1. The summed E-state index contributed by atoms with van der Waals surface area (Å²) >= 11 is 2.83. The van der Waals surface area contributed by atoms with Gasteiger partial charge >= 0.3 is 4.87 Å². The molecule has 228 valence electrons. The molecule has 3 fully saturated rings. The Hall–Kier alpha value is -4.22. The number of rotatable bonds is 6. The first-order valence-corrected chi connectivity index (χ1v) is 16.6. The molecule has 3 heterocycles. The summed E-state index contributed by atoms with van der Waals surface area (Å²) in [7, 11) is 0. The lowest BCUT2D eigenvalue weighted by molar-refractivity contribution is -0.123. The van der Waals surface area contributed by atoms with Gasteiger partial charge < -0.3 is 15.0 Å². The molecule has 7 atom stereocenters. The number of halogens is 1. The first-order chi connectivity index (χ1) is 21.8. The second-order valence-electron chi connectivity index (χ2n) is 12.2. The maximum atomic E-state index is 13.8. The van der Waals surface area contributed by atoms with Crippen LogP contribution in [0.2, 0.25) is 0 Å². The number of ether oxygens (including phenoxy) is 1. The average molecular weight is 642 g/mol. The lowest BCUT2D eigenvalue weighted by Crippen LogP contribution is -2.42. The number of aromatic nitrogens is 1. The predicted octanol–water partition coefficient (Wildman–Crippen LogP) is 5.58. The van der Waals surface area contributed by atoms with E-state index in [1.165, 1.54) is 40.5 Å². The van der Waals surface area contributed by atoms with Crippen molar-refractivity contribution >= 4 is 52.2 Å². The van der Waals surface area contributed by atoms with Crippen LogP contribution >= 0.6 is 23.1 Å². The number of nitrogens with one attached hydrogen (secondary N) is 2. The Balaban J connectivity index is 1.05. The molecule has 2 aliphatic carbocycles. The fourth-order valence-electron chi connectivity index (χ4n) is 7.99. The molecular weight excluding hydrogens is 614 g/mol. The molecule has 6 unspecified atom stereocenters. The van der Waals surface area contributed by atoms with Crippen LogP contribution in [0.4, 0.5) is 15.8 Å². The summed E-state index contributed by atoms with van der Waals surface area (Å²) in [6.07, 6.45) is 0.777. The fourth-order valence-corrected chi connectivity index (χ4v) is 10.9. The maximum absolute atomic E-state index is 13.8. The molecule has 2 bridgehead atoms. The maximum Gasteiger partial charge on any atom is 0.305 e. The number of benzene rings is 3. The van der Waals surface area contributed by atoms with Gasteiger partial charge in [0.05, 0.1) is 22.5 Å². The van der Waals surface area contributed by atoms with Crippen molar-refractivity contribution in [1.82, 2.24) is 4.98 Å². The number of imide groups is 1. The summed E-state index contributed by atoms with van der Waals surface area (Å²) in [5.74, 6) is -1.55. The molecule has 0 radical (unpaired) electrons.